The van der Waals surface area contributed by atoms with Gasteiger partial charge < -0.3 is 5.32 Å². The Hall–Kier alpha value is -0.860. The molecule has 88 valence electrons. The van der Waals surface area contributed by atoms with Crippen LogP contribution in [0.4, 0.5) is 0 Å². The van der Waals surface area contributed by atoms with Crippen LogP contribution in [0.2, 0.25) is 5.02 Å². The summed E-state index contributed by atoms with van der Waals surface area (Å²) >= 11 is 5.79. The van der Waals surface area contributed by atoms with E-state index in [4.69, 9.17) is 11.6 Å². The monoisotopic (exact) mass is 239 g/mol. The Morgan fingerprint density at radius 3 is 2.31 bits per heavy atom. The Balaban J connectivity index is 2.86. The van der Waals surface area contributed by atoms with Crippen molar-refractivity contribution in [3.05, 3.63) is 34.9 Å². The molecule has 1 aromatic carbocycles. The lowest BCUT2D eigenvalue weighted by atomic mass is 9.95. The highest BCUT2D eigenvalue weighted by molar-refractivity contribution is 6.30. The number of halogens is 1. The van der Waals surface area contributed by atoms with E-state index in [1.165, 1.54) is 0 Å². The number of carbonyl (C=O) groups is 1. The van der Waals surface area contributed by atoms with E-state index in [0.29, 0.717) is 10.6 Å². The number of rotatable bonds is 5. The third-order valence-corrected chi connectivity index (χ3v) is 2.75. The van der Waals surface area contributed by atoms with Gasteiger partial charge in [0.1, 0.15) is 0 Å². The number of carbonyl (C=O) groups excluding carboxylic acids is 1. The summed E-state index contributed by atoms with van der Waals surface area (Å²) in [5.41, 5.74) is 0.712. The van der Waals surface area contributed by atoms with Crippen molar-refractivity contribution < 1.29 is 4.79 Å². The first kappa shape index (κ1) is 13.2. The second-order valence-electron chi connectivity index (χ2n) is 4.15. The van der Waals surface area contributed by atoms with Gasteiger partial charge in [0, 0.05) is 10.6 Å². The molecule has 0 fully saturated rings. The highest BCUT2D eigenvalue weighted by atomic mass is 35.5. The third kappa shape index (κ3) is 3.32. The fourth-order valence-electron chi connectivity index (χ4n) is 1.64. The van der Waals surface area contributed by atoms with Gasteiger partial charge in [-0.3, -0.25) is 4.79 Å². The van der Waals surface area contributed by atoms with Crippen molar-refractivity contribution >= 4 is 17.4 Å². The predicted octanol–water partition coefficient (Wildman–Crippen LogP) is 3.16. The quantitative estimate of drug-likeness (QED) is 0.800. The van der Waals surface area contributed by atoms with Crippen LogP contribution in [0.5, 0.6) is 0 Å². The average molecular weight is 240 g/mol. The summed E-state index contributed by atoms with van der Waals surface area (Å²) in [7, 11) is 0. The number of nitrogens with one attached hydrogen (secondary N) is 1. The van der Waals surface area contributed by atoms with Crippen LogP contribution < -0.4 is 5.32 Å². The molecular formula is C13H18ClNO. The van der Waals surface area contributed by atoms with Gasteiger partial charge in [-0.05, 0) is 36.7 Å². The van der Waals surface area contributed by atoms with Gasteiger partial charge in [0.2, 0.25) is 0 Å². The molecule has 0 aliphatic carbocycles. The zero-order valence-electron chi connectivity index (χ0n) is 9.96. The van der Waals surface area contributed by atoms with Crippen molar-refractivity contribution in [1.82, 2.24) is 5.32 Å². The van der Waals surface area contributed by atoms with Gasteiger partial charge in [0.05, 0.1) is 6.04 Å². The van der Waals surface area contributed by atoms with Crippen LogP contribution >= 0.6 is 11.6 Å². The van der Waals surface area contributed by atoms with Crippen molar-refractivity contribution in [3.8, 4) is 0 Å². The first-order valence-corrected chi connectivity index (χ1v) is 5.97. The lowest BCUT2D eigenvalue weighted by Crippen LogP contribution is -2.40. The zero-order chi connectivity index (χ0) is 12.1. The molecule has 0 saturated heterocycles. The molecule has 3 heteroatoms. The van der Waals surface area contributed by atoms with Crippen LogP contribution in [0.1, 0.15) is 31.1 Å². The Bertz CT molecular complexity index is 345. The molecule has 1 N–H and O–H groups in total. The van der Waals surface area contributed by atoms with Gasteiger partial charge in [-0.25, -0.2) is 0 Å². The van der Waals surface area contributed by atoms with Crippen LogP contribution in [-0.2, 0) is 0 Å². The molecule has 0 aromatic heterocycles. The van der Waals surface area contributed by atoms with Crippen LogP contribution in [0.15, 0.2) is 24.3 Å². The third-order valence-electron chi connectivity index (χ3n) is 2.50. The molecule has 2 nitrogen and oxygen atoms in total. The van der Waals surface area contributed by atoms with E-state index >= 15 is 0 Å². The zero-order valence-corrected chi connectivity index (χ0v) is 10.7. The number of Topliss-reactive ketones (excluding diaryl/α,β-unsaturated/α-hetero) is 1. The van der Waals surface area contributed by atoms with E-state index < -0.39 is 0 Å². The second kappa shape index (κ2) is 6.02. The summed E-state index contributed by atoms with van der Waals surface area (Å²) in [4.78, 5) is 12.2. The summed E-state index contributed by atoms with van der Waals surface area (Å²) < 4.78 is 0. The molecular weight excluding hydrogens is 222 g/mol. The Kier molecular flexibility index (Phi) is 4.97. The van der Waals surface area contributed by atoms with Crippen LogP contribution in [-0.4, -0.2) is 18.4 Å². The molecule has 0 amide bonds. The average Bonchev–Trinajstić information content (AvgIpc) is 2.25. The summed E-state index contributed by atoms with van der Waals surface area (Å²) in [5, 5.41) is 3.87. The van der Waals surface area contributed by atoms with Gasteiger partial charge in [0.25, 0.3) is 0 Å². The largest absolute Gasteiger partial charge is 0.307 e. The van der Waals surface area contributed by atoms with E-state index in [9.17, 15) is 4.79 Å². The highest BCUT2D eigenvalue weighted by Gasteiger charge is 2.21. The van der Waals surface area contributed by atoms with Crippen LogP contribution in [0.25, 0.3) is 0 Å². The van der Waals surface area contributed by atoms with Crippen molar-refractivity contribution in [2.45, 2.75) is 26.8 Å². The summed E-state index contributed by atoms with van der Waals surface area (Å²) in [5.74, 6) is 0.414. The second-order valence-corrected chi connectivity index (χ2v) is 4.59. The van der Waals surface area contributed by atoms with E-state index in [1.807, 2.05) is 20.8 Å². The van der Waals surface area contributed by atoms with E-state index in [2.05, 4.69) is 5.32 Å². The predicted molar refractivity (Wildman–Crippen MR) is 68.1 cm³/mol. The minimum absolute atomic E-state index is 0.119. The highest BCUT2D eigenvalue weighted by Crippen LogP contribution is 2.14. The number of hydrogen-bond donors (Lipinski definition) is 1. The Morgan fingerprint density at radius 1 is 1.31 bits per heavy atom. The van der Waals surface area contributed by atoms with Crippen molar-refractivity contribution in [2.24, 2.45) is 5.92 Å². The van der Waals surface area contributed by atoms with Crippen molar-refractivity contribution in [3.63, 3.8) is 0 Å². The molecule has 0 aliphatic heterocycles. The lowest BCUT2D eigenvalue weighted by molar-refractivity contribution is 0.0918. The normalized spacial score (nSPS) is 12.8. The summed E-state index contributed by atoms with van der Waals surface area (Å²) in [6.07, 6.45) is 0. The molecule has 1 aromatic rings. The maximum absolute atomic E-state index is 12.2. The fourth-order valence-corrected chi connectivity index (χ4v) is 1.77. The Morgan fingerprint density at radius 2 is 1.88 bits per heavy atom. The van der Waals surface area contributed by atoms with Gasteiger partial charge in [-0.15, -0.1) is 0 Å². The van der Waals surface area contributed by atoms with Crippen LogP contribution in [0, 0.1) is 5.92 Å². The number of ketones is 1. The SMILES string of the molecule is CCNC(C(=O)c1ccc(Cl)cc1)C(C)C. The van der Waals surface area contributed by atoms with E-state index in [1.54, 1.807) is 24.3 Å². The van der Waals surface area contributed by atoms with E-state index in [0.717, 1.165) is 6.54 Å². The van der Waals surface area contributed by atoms with Gasteiger partial charge in [-0.2, -0.15) is 0 Å². The molecule has 0 saturated carbocycles. The first-order valence-electron chi connectivity index (χ1n) is 5.59. The standard InChI is InChI=1S/C13H18ClNO/c1-4-15-12(9(2)3)13(16)10-5-7-11(14)8-6-10/h5-9,12,15H,4H2,1-3H3. The number of hydrogen-bond acceptors (Lipinski definition) is 2. The molecule has 0 bridgehead atoms. The van der Waals surface area contributed by atoms with Crippen molar-refractivity contribution in [2.75, 3.05) is 6.54 Å². The van der Waals surface area contributed by atoms with Crippen LogP contribution in [0.3, 0.4) is 0 Å². The van der Waals surface area contributed by atoms with E-state index in [-0.39, 0.29) is 17.7 Å². The molecule has 0 aliphatic rings. The molecule has 0 heterocycles. The van der Waals surface area contributed by atoms with Gasteiger partial charge in [-0.1, -0.05) is 32.4 Å². The van der Waals surface area contributed by atoms with Gasteiger partial charge >= 0.3 is 0 Å². The number of benzene rings is 1. The summed E-state index contributed by atoms with van der Waals surface area (Å²) in [6.45, 7) is 6.88. The minimum Gasteiger partial charge on any atom is -0.307 e. The topological polar surface area (TPSA) is 29.1 Å². The first-order chi connectivity index (χ1) is 7.56. The van der Waals surface area contributed by atoms with Gasteiger partial charge in [0.15, 0.2) is 5.78 Å². The van der Waals surface area contributed by atoms with Crippen molar-refractivity contribution in [1.29, 1.82) is 0 Å². The Labute approximate surface area is 102 Å². The molecule has 0 spiro atoms. The molecule has 0 radical (unpaired) electrons. The minimum atomic E-state index is -0.119. The maximum atomic E-state index is 12.2. The lowest BCUT2D eigenvalue weighted by Gasteiger charge is -2.20. The molecule has 1 rings (SSSR count). The molecule has 1 unspecified atom stereocenters. The summed E-state index contributed by atoms with van der Waals surface area (Å²) in [6, 6.07) is 6.93. The molecule has 1 atom stereocenters. The smallest absolute Gasteiger partial charge is 0.179 e. The fraction of sp³-hybridized carbons (Fsp3) is 0.462. The maximum Gasteiger partial charge on any atom is 0.179 e. The molecule has 16 heavy (non-hydrogen) atoms. The number of likely N-dealkylation sites (N-methyl/N-ethyl adjacent to an activating group) is 1.